The zero-order valence-electron chi connectivity index (χ0n) is 8.84. The van der Waals surface area contributed by atoms with Crippen LogP contribution in [0.25, 0.3) is 0 Å². The highest BCUT2D eigenvalue weighted by Crippen LogP contribution is 2.25. The fourth-order valence-electron chi connectivity index (χ4n) is 1.46. The summed E-state index contributed by atoms with van der Waals surface area (Å²) < 4.78 is 1.14. The van der Waals surface area contributed by atoms with Crippen LogP contribution in [0.15, 0.2) is 34.1 Å². The Morgan fingerprint density at radius 3 is 2.35 bits per heavy atom. The van der Waals surface area contributed by atoms with Crippen molar-refractivity contribution in [3.63, 3.8) is 0 Å². The van der Waals surface area contributed by atoms with Gasteiger partial charge in [-0.1, -0.05) is 29.3 Å². The Labute approximate surface area is 123 Å². The van der Waals surface area contributed by atoms with Crippen LogP contribution in [0.4, 0.5) is 0 Å². The average molecular weight is 351 g/mol. The molecule has 2 aromatic rings. The number of halogens is 3. The molecule has 90 valence electrons. The Bertz CT molecular complexity index is 493. The summed E-state index contributed by atoms with van der Waals surface area (Å²) in [6.07, 6.45) is 0. The van der Waals surface area contributed by atoms with Crippen LogP contribution in [0.3, 0.4) is 0 Å². The van der Waals surface area contributed by atoms with Gasteiger partial charge in [-0.3, -0.25) is 0 Å². The van der Waals surface area contributed by atoms with Gasteiger partial charge in [-0.15, -0.1) is 11.3 Å². The minimum absolute atomic E-state index is 0.675. The molecule has 17 heavy (non-hydrogen) atoms. The first-order chi connectivity index (χ1) is 8.16. The van der Waals surface area contributed by atoms with E-state index < -0.39 is 0 Å². The monoisotopic (exact) mass is 349 g/mol. The van der Waals surface area contributed by atoms with E-state index in [0.717, 1.165) is 15.9 Å². The average Bonchev–Trinajstić information content (AvgIpc) is 2.69. The van der Waals surface area contributed by atoms with Gasteiger partial charge in [0.25, 0.3) is 0 Å². The number of thiophene rings is 1. The third-order valence-corrected chi connectivity index (χ3v) is 4.62. The highest BCUT2D eigenvalue weighted by atomic mass is 79.9. The van der Waals surface area contributed by atoms with Crippen LogP contribution in [0, 0.1) is 0 Å². The third-order valence-electron chi connectivity index (χ3n) is 2.29. The molecule has 2 rings (SSSR count). The maximum absolute atomic E-state index is 6.09. The molecule has 1 aromatic carbocycles. The minimum atomic E-state index is 0.675. The van der Waals surface area contributed by atoms with Gasteiger partial charge >= 0.3 is 0 Å². The molecule has 1 nitrogen and oxygen atoms in total. The standard InChI is InChI=1S/C12H10BrCl2NS/c13-12-5-4-8(17-12)6-16-7-9-10(14)2-1-3-11(9)15/h1-5,16H,6-7H2. The highest BCUT2D eigenvalue weighted by Gasteiger charge is 2.05. The van der Waals surface area contributed by atoms with E-state index in [0.29, 0.717) is 16.6 Å². The van der Waals surface area contributed by atoms with Gasteiger partial charge in [0.2, 0.25) is 0 Å². The van der Waals surface area contributed by atoms with Crippen LogP contribution < -0.4 is 5.32 Å². The Balaban J connectivity index is 1.94. The molecule has 1 N–H and O–H groups in total. The Morgan fingerprint density at radius 2 is 1.76 bits per heavy atom. The van der Waals surface area contributed by atoms with E-state index in [2.05, 4.69) is 27.3 Å². The number of rotatable bonds is 4. The lowest BCUT2D eigenvalue weighted by Gasteiger charge is -2.07. The molecule has 0 saturated carbocycles. The summed E-state index contributed by atoms with van der Waals surface area (Å²) in [5.41, 5.74) is 0.950. The molecule has 0 aliphatic heterocycles. The second-order valence-corrected chi connectivity index (χ2v) is 6.87. The minimum Gasteiger partial charge on any atom is -0.308 e. The van der Waals surface area contributed by atoms with Gasteiger partial charge in [0.15, 0.2) is 0 Å². The molecule has 0 unspecified atom stereocenters. The molecular weight excluding hydrogens is 341 g/mol. The van der Waals surface area contributed by atoms with Crippen molar-refractivity contribution in [3.05, 3.63) is 54.6 Å². The molecule has 0 spiro atoms. The van der Waals surface area contributed by atoms with E-state index in [-0.39, 0.29) is 0 Å². The summed E-state index contributed by atoms with van der Waals surface area (Å²) >= 11 is 17.3. The summed E-state index contributed by atoms with van der Waals surface area (Å²) in [4.78, 5) is 1.28. The molecule has 0 amide bonds. The largest absolute Gasteiger partial charge is 0.308 e. The predicted molar refractivity (Wildman–Crippen MR) is 79.0 cm³/mol. The number of nitrogens with one attached hydrogen (secondary N) is 1. The van der Waals surface area contributed by atoms with Gasteiger partial charge in [-0.2, -0.15) is 0 Å². The van der Waals surface area contributed by atoms with Crippen LogP contribution in [0.5, 0.6) is 0 Å². The molecule has 0 saturated heterocycles. The first-order valence-corrected chi connectivity index (χ1v) is 7.41. The molecule has 0 atom stereocenters. The summed E-state index contributed by atoms with van der Waals surface area (Å²) in [6.45, 7) is 1.49. The van der Waals surface area contributed by atoms with Crippen LogP contribution >= 0.6 is 50.5 Å². The Hall–Kier alpha value is -0.0600. The molecule has 0 bridgehead atoms. The third kappa shape index (κ3) is 3.70. The second kappa shape index (κ2) is 6.21. The summed E-state index contributed by atoms with van der Waals surface area (Å²) in [7, 11) is 0. The van der Waals surface area contributed by atoms with Crippen LogP contribution in [0.1, 0.15) is 10.4 Å². The maximum atomic E-state index is 6.09. The zero-order valence-corrected chi connectivity index (χ0v) is 12.8. The van der Waals surface area contributed by atoms with E-state index in [1.807, 2.05) is 24.3 Å². The van der Waals surface area contributed by atoms with E-state index >= 15 is 0 Å². The van der Waals surface area contributed by atoms with Gasteiger partial charge in [-0.25, -0.2) is 0 Å². The van der Waals surface area contributed by atoms with Crippen LogP contribution in [-0.4, -0.2) is 0 Å². The molecule has 1 heterocycles. The lowest BCUT2D eigenvalue weighted by molar-refractivity contribution is 0.701. The first-order valence-electron chi connectivity index (χ1n) is 5.04. The number of benzene rings is 1. The van der Waals surface area contributed by atoms with Gasteiger partial charge in [0.05, 0.1) is 3.79 Å². The van der Waals surface area contributed by atoms with Gasteiger partial charge in [-0.05, 0) is 40.2 Å². The summed E-state index contributed by atoms with van der Waals surface area (Å²) in [5, 5.41) is 4.75. The molecule has 0 aliphatic rings. The van der Waals surface area contributed by atoms with E-state index in [1.54, 1.807) is 11.3 Å². The fourth-order valence-corrected chi connectivity index (χ4v) is 3.44. The molecule has 1 aromatic heterocycles. The summed E-state index contributed by atoms with van der Waals surface area (Å²) in [5.74, 6) is 0. The van der Waals surface area contributed by atoms with Crippen molar-refractivity contribution >= 4 is 50.5 Å². The predicted octanol–water partition coefficient (Wildman–Crippen LogP) is 5.11. The Kier molecular flexibility index (Phi) is 4.88. The summed E-state index contributed by atoms with van der Waals surface area (Å²) in [6, 6.07) is 9.70. The van der Waals surface area contributed by atoms with E-state index in [1.165, 1.54) is 4.88 Å². The molecule has 0 radical (unpaired) electrons. The van der Waals surface area contributed by atoms with E-state index in [4.69, 9.17) is 23.2 Å². The maximum Gasteiger partial charge on any atom is 0.0701 e. The first kappa shape index (κ1) is 13.4. The quantitative estimate of drug-likeness (QED) is 0.808. The lowest BCUT2D eigenvalue weighted by Crippen LogP contribution is -2.12. The topological polar surface area (TPSA) is 12.0 Å². The zero-order chi connectivity index (χ0) is 12.3. The van der Waals surface area contributed by atoms with Crippen LogP contribution in [-0.2, 0) is 13.1 Å². The lowest BCUT2D eigenvalue weighted by atomic mass is 10.2. The molecular formula is C12H10BrCl2NS. The van der Waals surface area contributed by atoms with Crippen molar-refractivity contribution in [2.75, 3.05) is 0 Å². The van der Waals surface area contributed by atoms with Crippen molar-refractivity contribution < 1.29 is 0 Å². The SMILES string of the molecule is Clc1cccc(Cl)c1CNCc1ccc(Br)s1. The van der Waals surface area contributed by atoms with Gasteiger partial charge in [0.1, 0.15) is 0 Å². The Morgan fingerprint density at radius 1 is 1.06 bits per heavy atom. The van der Waals surface area contributed by atoms with Crippen LogP contribution in [0.2, 0.25) is 10.0 Å². The number of hydrogen-bond donors (Lipinski definition) is 1. The smallest absolute Gasteiger partial charge is 0.0701 e. The van der Waals surface area contributed by atoms with Crippen molar-refractivity contribution in [2.45, 2.75) is 13.1 Å². The van der Waals surface area contributed by atoms with Crippen molar-refractivity contribution in [2.24, 2.45) is 0 Å². The normalized spacial score (nSPS) is 10.8. The van der Waals surface area contributed by atoms with Crippen molar-refractivity contribution in [1.29, 1.82) is 0 Å². The van der Waals surface area contributed by atoms with Crippen molar-refractivity contribution in [1.82, 2.24) is 5.32 Å². The highest BCUT2D eigenvalue weighted by molar-refractivity contribution is 9.11. The van der Waals surface area contributed by atoms with Crippen molar-refractivity contribution in [3.8, 4) is 0 Å². The van der Waals surface area contributed by atoms with E-state index in [9.17, 15) is 0 Å². The molecule has 5 heteroatoms. The van der Waals surface area contributed by atoms with Gasteiger partial charge in [0, 0.05) is 33.6 Å². The molecule has 0 aliphatic carbocycles. The fraction of sp³-hybridized carbons (Fsp3) is 0.167. The second-order valence-electron chi connectivity index (χ2n) is 3.51. The van der Waals surface area contributed by atoms with Gasteiger partial charge < -0.3 is 5.32 Å². The number of hydrogen-bond acceptors (Lipinski definition) is 2. The molecule has 0 fully saturated rings.